The molecule has 90 valence electrons. The highest BCUT2D eigenvalue weighted by molar-refractivity contribution is 8.13. The molecule has 0 amide bonds. The van der Waals surface area contributed by atoms with Crippen molar-refractivity contribution in [2.45, 2.75) is 31.7 Å². The van der Waals surface area contributed by atoms with Gasteiger partial charge >= 0.3 is 5.97 Å². The topological polar surface area (TPSA) is 50.7 Å². The van der Waals surface area contributed by atoms with E-state index in [0.29, 0.717) is 19.0 Å². The number of amidine groups is 1. The van der Waals surface area contributed by atoms with E-state index in [1.54, 1.807) is 11.8 Å². The average molecular weight is 242 g/mol. The maximum absolute atomic E-state index is 10.9. The summed E-state index contributed by atoms with van der Waals surface area (Å²) in [5, 5.41) is 4.47. The number of ether oxygens (including phenoxy) is 1. The lowest BCUT2D eigenvalue weighted by Gasteiger charge is -2.27. The molecule has 0 aromatic rings. The van der Waals surface area contributed by atoms with Gasteiger partial charge in [-0.05, 0) is 18.8 Å². The monoisotopic (exact) mass is 242 g/mol. The minimum Gasteiger partial charge on any atom is -0.469 e. The van der Waals surface area contributed by atoms with E-state index < -0.39 is 0 Å². The van der Waals surface area contributed by atoms with Crippen LogP contribution < -0.4 is 5.32 Å². The van der Waals surface area contributed by atoms with Crippen molar-refractivity contribution in [3.05, 3.63) is 0 Å². The van der Waals surface area contributed by atoms with Gasteiger partial charge in [-0.25, -0.2) is 0 Å². The van der Waals surface area contributed by atoms with Gasteiger partial charge in [0, 0.05) is 11.8 Å². The van der Waals surface area contributed by atoms with Crippen LogP contribution in [0.2, 0.25) is 0 Å². The standard InChI is InChI=1S/C11H18N2O2S/c1-15-10(14)5-6-12-11-13-9-4-2-3-8(9)7-16-11/h8-9H,2-7H2,1H3,(H,12,13). The third-order valence-electron chi connectivity index (χ3n) is 3.20. The van der Waals surface area contributed by atoms with Gasteiger partial charge in [-0.3, -0.25) is 9.79 Å². The SMILES string of the molecule is COC(=O)CCN=C1NC2CCCC2CS1. The number of nitrogens with zero attached hydrogens (tertiary/aromatic N) is 1. The van der Waals surface area contributed by atoms with Crippen molar-refractivity contribution in [3.8, 4) is 0 Å². The Bertz CT molecular complexity index is 294. The molecule has 0 spiro atoms. The molecule has 1 saturated heterocycles. The van der Waals surface area contributed by atoms with Gasteiger partial charge in [-0.15, -0.1) is 0 Å². The van der Waals surface area contributed by atoms with Crippen LogP contribution in [-0.2, 0) is 9.53 Å². The van der Waals surface area contributed by atoms with Gasteiger partial charge < -0.3 is 10.1 Å². The predicted octanol–water partition coefficient (Wildman–Crippen LogP) is 1.41. The number of nitrogens with one attached hydrogen (secondary N) is 1. The van der Waals surface area contributed by atoms with Crippen molar-refractivity contribution in [2.24, 2.45) is 10.9 Å². The maximum Gasteiger partial charge on any atom is 0.307 e. The van der Waals surface area contributed by atoms with Crippen LogP contribution in [0.1, 0.15) is 25.7 Å². The molecule has 0 bridgehead atoms. The van der Waals surface area contributed by atoms with Crippen LogP contribution in [0.4, 0.5) is 0 Å². The van der Waals surface area contributed by atoms with Gasteiger partial charge in [0.2, 0.25) is 0 Å². The number of methoxy groups -OCH3 is 1. The van der Waals surface area contributed by atoms with Crippen molar-refractivity contribution in [1.82, 2.24) is 5.32 Å². The van der Waals surface area contributed by atoms with Crippen LogP contribution in [0, 0.1) is 5.92 Å². The molecule has 2 fully saturated rings. The molecule has 1 aliphatic carbocycles. The molecule has 16 heavy (non-hydrogen) atoms. The zero-order valence-corrected chi connectivity index (χ0v) is 10.4. The lowest BCUT2D eigenvalue weighted by molar-refractivity contribution is -0.140. The first kappa shape index (κ1) is 11.8. The first-order chi connectivity index (χ1) is 7.79. The Morgan fingerprint density at radius 3 is 3.31 bits per heavy atom. The molecular formula is C11H18N2O2S. The second-order valence-electron chi connectivity index (χ2n) is 4.27. The van der Waals surface area contributed by atoms with Crippen LogP contribution in [0.5, 0.6) is 0 Å². The Morgan fingerprint density at radius 2 is 2.50 bits per heavy atom. The molecule has 2 aliphatic rings. The number of hydrogen-bond acceptors (Lipinski definition) is 4. The highest BCUT2D eigenvalue weighted by Gasteiger charge is 2.31. The third-order valence-corrected chi connectivity index (χ3v) is 4.32. The molecule has 1 saturated carbocycles. The minimum atomic E-state index is -0.191. The van der Waals surface area contributed by atoms with Crippen LogP contribution >= 0.6 is 11.8 Å². The molecule has 1 heterocycles. The summed E-state index contributed by atoms with van der Waals surface area (Å²) in [6.07, 6.45) is 4.32. The normalized spacial score (nSPS) is 30.9. The van der Waals surface area contributed by atoms with Crippen molar-refractivity contribution >= 4 is 22.9 Å². The Balaban J connectivity index is 1.77. The van der Waals surface area contributed by atoms with Crippen molar-refractivity contribution in [3.63, 3.8) is 0 Å². The van der Waals surface area contributed by atoms with E-state index >= 15 is 0 Å². The summed E-state index contributed by atoms with van der Waals surface area (Å²) in [6.45, 7) is 0.527. The Labute approximate surface area is 100 Å². The molecule has 0 aromatic heterocycles. The third kappa shape index (κ3) is 2.90. The lowest BCUT2D eigenvalue weighted by atomic mass is 10.1. The Hall–Kier alpha value is -0.710. The van der Waals surface area contributed by atoms with Crippen molar-refractivity contribution < 1.29 is 9.53 Å². The Kier molecular flexibility index (Phi) is 4.09. The number of thioether (sulfide) groups is 1. The summed E-state index contributed by atoms with van der Waals surface area (Å²) in [6, 6.07) is 0.623. The number of fused-ring (bicyclic) bond motifs is 1. The maximum atomic E-state index is 10.9. The zero-order valence-electron chi connectivity index (χ0n) is 9.57. The van der Waals surface area contributed by atoms with E-state index in [4.69, 9.17) is 0 Å². The molecule has 2 rings (SSSR count). The molecule has 4 nitrogen and oxygen atoms in total. The van der Waals surface area contributed by atoms with Gasteiger partial charge in [-0.1, -0.05) is 18.2 Å². The van der Waals surface area contributed by atoms with Gasteiger partial charge in [0.05, 0.1) is 20.1 Å². The van der Waals surface area contributed by atoms with Crippen LogP contribution in [0.3, 0.4) is 0 Å². The first-order valence-corrected chi connectivity index (χ1v) is 6.79. The number of carbonyl (C=O) groups excluding carboxylic acids is 1. The average Bonchev–Trinajstić information content (AvgIpc) is 2.76. The van der Waals surface area contributed by atoms with E-state index in [9.17, 15) is 4.79 Å². The molecule has 0 radical (unpaired) electrons. The predicted molar refractivity (Wildman–Crippen MR) is 65.7 cm³/mol. The molecule has 5 heteroatoms. The van der Waals surface area contributed by atoms with Gasteiger partial charge in [0.25, 0.3) is 0 Å². The fraction of sp³-hybridized carbons (Fsp3) is 0.818. The Morgan fingerprint density at radius 1 is 1.62 bits per heavy atom. The smallest absolute Gasteiger partial charge is 0.307 e. The van der Waals surface area contributed by atoms with Gasteiger partial charge in [-0.2, -0.15) is 0 Å². The molecule has 2 atom stereocenters. The quantitative estimate of drug-likeness (QED) is 0.760. The fourth-order valence-electron chi connectivity index (χ4n) is 2.25. The van der Waals surface area contributed by atoms with E-state index in [1.165, 1.54) is 32.1 Å². The highest BCUT2D eigenvalue weighted by Crippen LogP contribution is 2.32. The van der Waals surface area contributed by atoms with Crippen LogP contribution in [0.15, 0.2) is 4.99 Å². The van der Waals surface area contributed by atoms with E-state index in [1.807, 2.05) is 0 Å². The summed E-state index contributed by atoms with van der Waals surface area (Å²) >= 11 is 1.79. The number of hydrogen-bond donors (Lipinski definition) is 1. The lowest BCUT2D eigenvalue weighted by Crippen LogP contribution is -2.41. The van der Waals surface area contributed by atoms with E-state index in [0.717, 1.165) is 11.1 Å². The highest BCUT2D eigenvalue weighted by atomic mass is 32.2. The summed E-state index contributed by atoms with van der Waals surface area (Å²) in [7, 11) is 1.41. The number of esters is 1. The molecule has 1 aliphatic heterocycles. The molecule has 1 N–H and O–H groups in total. The molecule has 0 aromatic carbocycles. The van der Waals surface area contributed by atoms with Crippen molar-refractivity contribution in [1.29, 1.82) is 0 Å². The summed E-state index contributed by atoms with van der Waals surface area (Å²) in [5.41, 5.74) is 0. The first-order valence-electron chi connectivity index (χ1n) is 5.80. The minimum absolute atomic E-state index is 0.191. The number of aliphatic imine (C=N–C) groups is 1. The van der Waals surface area contributed by atoms with E-state index in [-0.39, 0.29) is 5.97 Å². The van der Waals surface area contributed by atoms with Crippen molar-refractivity contribution in [2.75, 3.05) is 19.4 Å². The van der Waals surface area contributed by atoms with Gasteiger partial charge in [0.1, 0.15) is 0 Å². The number of rotatable bonds is 3. The van der Waals surface area contributed by atoms with Crippen LogP contribution in [0.25, 0.3) is 0 Å². The second kappa shape index (κ2) is 5.57. The number of carbonyl (C=O) groups is 1. The molecule has 2 unspecified atom stereocenters. The summed E-state index contributed by atoms with van der Waals surface area (Å²) in [5.74, 6) is 1.81. The molecular weight excluding hydrogens is 224 g/mol. The summed E-state index contributed by atoms with van der Waals surface area (Å²) < 4.78 is 4.57. The van der Waals surface area contributed by atoms with E-state index in [2.05, 4.69) is 15.0 Å². The second-order valence-corrected chi connectivity index (χ2v) is 5.27. The fourth-order valence-corrected chi connectivity index (χ4v) is 3.44. The van der Waals surface area contributed by atoms with Gasteiger partial charge in [0.15, 0.2) is 5.17 Å². The summed E-state index contributed by atoms with van der Waals surface area (Å²) in [4.78, 5) is 15.3. The van der Waals surface area contributed by atoms with Crippen LogP contribution in [-0.4, -0.2) is 36.6 Å². The largest absolute Gasteiger partial charge is 0.469 e. The zero-order chi connectivity index (χ0) is 11.4.